The van der Waals surface area contributed by atoms with Gasteiger partial charge in [0.2, 0.25) is 5.91 Å². The molecule has 0 bridgehead atoms. The first-order valence-corrected chi connectivity index (χ1v) is 9.02. The van der Waals surface area contributed by atoms with Crippen LogP contribution in [0.1, 0.15) is 20.3 Å². The number of nitrogens with one attached hydrogen (secondary N) is 3. The van der Waals surface area contributed by atoms with E-state index in [0.29, 0.717) is 12.2 Å². The van der Waals surface area contributed by atoms with Crippen molar-refractivity contribution in [3.8, 4) is 16.9 Å². The van der Waals surface area contributed by atoms with Gasteiger partial charge in [-0.2, -0.15) is 0 Å². The minimum Gasteiger partial charge on any atom is -0.484 e. The molecular weight excluding hydrogens is 362 g/mol. The van der Waals surface area contributed by atoms with E-state index >= 15 is 0 Å². The van der Waals surface area contributed by atoms with Gasteiger partial charge in [0, 0.05) is 6.42 Å². The molecule has 2 amide bonds. The number of hydrazine groups is 1. The molecule has 27 heavy (non-hydrogen) atoms. The average Bonchev–Trinajstić information content (AvgIpc) is 2.65. The average molecular weight is 385 g/mol. The third-order valence-corrected chi connectivity index (χ3v) is 3.70. The Morgan fingerprint density at radius 2 is 1.56 bits per heavy atom. The molecule has 0 saturated carbocycles. The van der Waals surface area contributed by atoms with Gasteiger partial charge in [-0.3, -0.25) is 20.4 Å². The summed E-state index contributed by atoms with van der Waals surface area (Å²) in [7, 11) is 0. The molecule has 0 aliphatic rings. The summed E-state index contributed by atoms with van der Waals surface area (Å²) in [5.41, 5.74) is 7.03. The molecule has 0 saturated heterocycles. The highest BCUT2D eigenvalue weighted by molar-refractivity contribution is 7.80. The van der Waals surface area contributed by atoms with E-state index in [1.165, 1.54) is 0 Å². The van der Waals surface area contributed by atoms with Crippen LogP contribution in [0.15, 0.2) is 54.6 Å². The topological polar surface area (TPSA) is 79.5 Å². The van der Waals surface area contributed by atoms with E-state index in [4.69, 9.17) is 17.0 Å². The summed E-state index contributed by atoms with van der Waals surface area (Å²) in [6, 6.07) is 17.4. The van der Waals surface area contributed by atoms with Crippen LogP contribution in [0.5, 0.6) is 5.75 Å². The fourth-order valence-corrected chi connectivity index (χ4v) is 2.43. The lowest BCUT2D eigenvalue weighted by Crippen LogP contribution is -2.49. The van der Waals surface area contributed by atoms with Gasteiger partial charge in [-0.05, 0) is 41.4 Å². The Bertz CT molecular complexity index is 777. The van der Waals surface area contributed by atoms with Gasteiger partial charge in [-0.15, -0.1) is 0 Å². The summed E-state index contributed by atoms with van der Waals surface area (Å²) >= 11 is 4.94. The van der Waals surface area contributed by atoms with Crippen LogP contribution in [-0.4, -0.2) is 23.5 Å². The van der Waals surface area contributed by atoms with Crippen LogP contribution in [0.3, 0.4) is 0 Å². The maximum atomic E-state index is 11.8. The zero-order chi connectivity index (χ0) is 19.6. The molecule has 0 atom stereocenters. The highest BCUT2D eigenvalue weighted by Gasteiger charge is 2.08. The molecule has 0 aromatic heterocycles. The molecule has 0 heterocycles. The second-order valence-electron chi connectivity index (χ2n) is 6.33. The number of thiocarbonyl (C=S) groups is 1. The van der Waals surface area contributed by atoms with Crippen molar-refractivity contribution in [1.82, 2.24) is 16.2 Å². The van der Waals surface area contributed by atoms with Gasteiger partial charge in [0.05, 0.1) is 0 Å². The van der Waals surface area contributed by atoms with Crippen molar-refractivity contribution in [2.75, 3.05) is 6.61 Å². The van der Waals surface area contributed by atoms with Crippen LogP contribution < -0.4 is 20.9 Å². The Hall–Kier alpha value is -2.93. The molecule has 142 valence electrons. The van der Waals surface area contributed by atoms with E-state index in [1.54, 1.807) is 12.1 Å². The van der Waals surface area contributed by atoms with Crippen molar-refractivity contribution in [3.05, 3.63) is 54.6 Å². The third kappa shape index (κ3) is 7.45. The van der Waals surface area contributed by atoms with Crippen molar-refractivity contribution in [1.29, 1.82) is 0 Å². The monoisotopic (exact) mass is 385 g/mol. The van der Waals surface area contributed by atoms with E-state index in [1.807, 2.05) is 56.3 Å². The molecule has 0 aliphatic carbocycles. The van der Waals surface area contributed by atoms with E-state index in [0.717, 1.165) is 11.1 Å². The maximum Gasteiger partial charge on any atom is 0.276 e. The van der Waals surface area contributed by atoms with Gasteiger partial charge >= 0.3 is 0 Å². The number of benzene rings is 2. The minimum atomic E-state index is -0.414. The van der Waals surface area contributed by atoms with Gasteiger partial charge in [0.1, 0.15) is 5.75 Å². The normalized spacial score (nSPS) is 10.2. The largest absolute Gasteiger partial charge is 0.484 e. The van der Waals surface area contributed by atoms with Crippen LogP contribution in [0, 0.1) is 5.92 Å². The second-order valence-corrected chi connectivity index (χ2v) is 6.74. The number of carbonyl (C=O) groups is 2. The fourth-order valence-electron chi connectivity index (χ4n) is 2.27. The lowest BCUT2D eigenvalue weighted by atomic mass is 10.1. The number of amides is 2. The molecule has 0 aliphatic heterocycles. The van der Waals surface area contributed by atoms with E-state index in [9.17, 15) is 9.59 Å². The number of rotatable bonds is 6. The van der Waals surface area contributed by atoms with Crippen LogP contribution in [0.2, 0.25) is 0 Å². The van der Waals surface area contributed by atoms with Gasteiger partial charge < -0.3 is 10.1 Å². The molecule has 2 aromatic rings. The Balaban J connectivity index is 1.72. The summed E-state index contributed by atoms with van der Waals surface area (Å²) < 4.78 is 5.44. The molecule has 2 aromatic carbocycles. The van der Waals surface area contributed by atoms with Crippen molar-refractivity contribution >= 4 is 29.1 Å². The van der Waals surface area contributed by atoms with Crippen molar-refractivity contribution in [3.63, 3.8) is 0 Å². The van der Waals surface area contributed by atoms with Gasteiger partial charge in [-0.1, -0.05) is 56.3 Å². The maximum absolute atomic E-state index is 11.8. The van der Waals surface area contributed by atoms with Crippen molar-refractivity contribution < 1.29 is 14.3 Å². The summed E-state index contributed by atoms with van der Waals surface area (Å²) in [5.74, 6) is 0.191. The van der Waals surface area contributed by atoms with Gasteiger partial charge in [-0.25, -0.2) is 0 Å². The quantitative estimate of drug-likeness (QED) is 0.526. The standard InChI is InChI=1S/C20H23N3O3S/c1-14(2)12-18(24)21-20(27)23-22-19(25)13-26-17-10-8-16(9-11-17)15-6-4-3-5-7-15/h3-11,14H,12-13H2,1-2H3,(H,22,25)(H2,21,23,24,27). The molecule has 3 N–H and O–H groups in total. The van der Waals surface area contributed by atoms with Crippen LogP contribution >= 0.6 is 12.2 Å². The first kappa shape index (κ1) is 20.4. The summed E-state index contributed by atoms with van der Waals surface area (Å²) in [4.78, 5) is 23.4. The first-order valence-electron chi connectivity index (χ1n) is 8.61. The lowest BCUT2D eigenvalue weighted by molar-refractivity contribution is -0.124. The predicted octanol–water partition coefficient (Wildman–Crippen LogP) is 2.80. The zero-order valence-corrected chi connectivity index (χ0v) is 16.1. The van der Waals surface area contributed by atoms with Crippen molar-refractivity contribution in [2.24, 2.45) is 5.92 Å². The Morgan fingerprint density at radius 3 is 2.19 bits per heavy atom. The molecule has 0 spiro atoms. The highest BCUT2D eigenvalue weighted by atomic mass is 32.1. The van der Waals surface area contributed by atoms with Crippen LogP contribution in [-0.2, 0) is 9.59 Å². The van der Waals surface area contributed by atoms with Gasteiger partial charge in [0.15, 0.2) is 11.7 Å². The number of hydrogen-bond donors (Lipinski definition) is 3. The molecule has 0 radical (unpaired) electrons. The fraction of sp³-hybridized carbons (Fsp3) is 0.250. The SMILES string of the molecule is CC(C)CC(=O)NC(=S)NNC(=O)COc1ccc(-c2ccccc2)cc1. The van der Waals surface area contributed by atoms with Gasteiger partial charge in [0.25, 0.3) is 5.91 Å². The Labute approximate surface area is 164 Å². The smallest absolute Gasteiger partial charge is 0.276 e. The summed E-state index contributed by atoms with van der Waals surface area (Å²) in [6.07, 6.45) is 0.359. The summed E-state index contributed by atoms with van der Waals surface area (Å²) in [6.45, 7) is 3.68. The van der Waals surface area contributed by atoms with E-state index in [-0.39, 0.29) is 23.5 Å². The number of ether oxygens (including phenoxy) is 1. The lowest BCUT2D eigenvalue weighted by Gasteiger charge is -2.12. The van der Waals surface area contributed by atoms with E-state index < -0.39 is 5.91 Å². The van der Waals surface area contributed by atoms with E-state index in [2.05, 4.69) is 16.2 Å². The molecule has 2 rings (SSSR count). The van der Waals surface area contributed by atoms with Crippen LogP contribution in [0.4, 0.5) is 0 Å². The predicted molar refractivity (Wildman–Crippen MR) is 109 cm³/mol. The molecule has 6 nitrogen and oxygen atoms in total. The minimum absolute atomic E-state index is 0.0428. The zero-order valence-electron chi connectivity index (χ0n) is 15.3. The Morgan fingerprint density at radius 1 is 0.926 bits per heavy atom. The molecular formula is C20H23N3O3S. The highest BCUT2D eigenvalue weighted by Crippen LogP contribution is 2.21. The number of carbonyl (C=O) groups excluding carboxylic acids is 2. The van der Waals surface area contributed by atoms with Crippen LogP contribution in [0.25, 0.3) is 11.1 Å². The summed E-state index contributed by atoms with van der Waals surface area (Å²) in [5, 5.41) is 2.53. The first-order chi connectivity index (χ1) is 12.9. The Kier molecular flexibility index (Phi) is 7.76. The molecule has 0 fully saturated rings. The number of hydrogen-bond acceptors (Lipinski definition) is 4. The third-order valence-electron chi connectivity index (χ3n) is 3.49. The second kappa shape index (κ2) is 10.3. The molecule has 7 heteroatoms. The van der Waals surface area contributed by atoms with Crippen molar-refractivity contribution in [2.45, 2.75) is 20.3 Å². The molecule has 0 unspecified atom stereocenters.